The van der Waals surface area contributed by atoms with Crippen molar-refractivity contribution >= 4 is 15.9 Å². The predicted octanol–water partition coefficient (Wildman–Crippen LogP) is 5.43. The van der Waals surface area contributed by atoms with E-state index < -0.39 is 0 Å². The summed E-state index contributed by atoms with van der Waals surface area (Å²) in [5, 5.41) is 3.69. The van der Waals surface area contributed by atoms with Crippen molar-refractivity contribution < 1.29 is 0 Å². The van der Waals surface area contributed by atoms with Crippen molar-refractivity contribution in [2.45, 2.75) is 39.2 Å². The molecule has 2 heteroatoms. The SMILES string of the molecule is CCCNC(CCc1ccccc1)c1ccc(C)cc1Br. The minimum Gasteiger partial charge on any atom is -0.310 e. The Bertz CT molecular complexity index is 551. The highest BCUT2D eigenvalue weighted by Crippen LogP contribution is 2.27. The zero-order valence-electron chi connectivity index (χ0n) is 12.9. The molecule has 1 N–H and O–H groups in total. The van der Waals surface area contributed by atoms with Gasteiger partial charge in [0.05, 0.1) is 0 Å². The molecule has 1 nitrogen and oxygen atoms in total. The maximum Gasteiger partial charge on any atom is 0.0334 e. The van der Waals surface area contributed by atoms with Gasteiger partial charge in [-0.15, -0.1) is 0 Å². The summed E-state index contributed by atoms with van der Waals surface area (Å²) in [6.07, 6.45) is 3.37. The monoisotopic (exact) mass is 345 g/mol. The molecule has 0 spiro atoms. The molecule has 0 aliphatic rings. The van der Waals surface area contributed by atoms with Gasteiger partial charge in [-0.3, -0.25) is 0 Å². The van der Waals surface area contributed by atoms with Gasteiger partial charge in [0.2, 0.25) is 0 Å². The normalized spacial score (nSPS) is 12.3. The van der Waals surface area contributed by atoms with Crippen LogP contribution in [0, 0.1) is 6.92 Å². The summed E-state index contributed by atoms with van der Waals surface area (Å²) in [6.45, 7) is 5.40. The van der Waals surface area contributed by atoms with E-state index in [9.17, 15) is 0 Å². The number of halogens is 1. The van der Waals surface area contributed by atoms with Crippen molar-refractivity contribution in [2.24, 2.45) is 0 Å². The van der Waals surface area contributed by atoms with Crippen LogP contribution in [0.1, 0.15) is 42.5 Å². The fraction of sp³-hybridized carbons (Fsp3) is 0.368. The lowest BCUT2D eigenvalue weighted by atomic mass is 9.98. The van der Waals surface area contributed by atoms with Crippen molar-refractivity contribution in [1.29, 1.82) is 0 Å². The van der Waals surface area contributed by atoms with E-state index in [4.69, 9.17) is 0 Å². The molecular formula is C19H24BrN. The summed E-state index contributed by atoms with van der Waals surface area (Å²) < 4.78 is 1.21. The first-order chi connectivity index (χ1) is 10.2. The van der Waals surface area contributed by atoms with Gasteiger partial charge < -0.3 is 5.32 Å². The first-order valence-electron chi connectivity index (χ1n) is 7.74. The second-order valence-corrected chi connectivity index (χ2v) is 6.41. The maximum absolute atomic E-state index is 3.73. The fourth-order valence-electron chi connectivity index (χ4n) is 2.56. The van der Waals surface area contributed by atoms with Crippen LogP contribution >= 0.6 is 15.9 Å². The van der Waals surface area contributed by atoms with E-state index in [-0.39, 0.29) is 0 Å². The van der Waals surface area contributed by atoms with Gasteiger partial charge in [-0.2, -0.15) is 0 Å². The first-order valence-corrected chi connectivity index (χ1v) is 8.53. The lowest BCUT2D eigenvalue weighted by Crippen LogP contribution is -2.23. The molecular weight excluding hydrogens is 322 g/mol. The van der Waals surface area contributed by atoms with E-state index in [1.807, 2.05) is 0 Å². The number of rotatable bonds is 7. The number of hydrogen-bond acceptors (Lipinski definition) is 1. The number of nitrogens with one attached hydrogen (secondary N) is 1. The third-order valence-corrected chi connectivity index (χ3v) is 4.42. The Labute approximate surface area is 136 Å². The molecule has 0 aromatic heterocycles. The van der Waals surface area contributed by atoms with E-state index in [2.05, 4.69) is 83.6 Å². The average molecular weight is 346 g/mol. The summed E-state index contributed by atoms with van der Waals surface area (Å²) in [4.78, 5) is 0. The van der Waals surface area contributed by atoms with Gasteiger partial charge in [0.1, 0.15) is 0 Å². The van der Waals surface area contributed by atoms with Crippen LogP contribution in [0.2, 0.25) is 0 Å². The van der Waals surface area contributed by atoms with Crippen molar-refractivity contribution in [3.05, 3.63) is 69.7 Å². The lowest BCUT2D eigenvalue weighted by molar-refractivity contribution is 0.498. The topological polar surface area (TPSA) is 12.0 Å². The van der Waals surface area contributed by atoms with Gasteiger partial charge in [0.25, 0.3) is 0 Å². The molecule has 0 amide bonds. The molecule has 1 atom stereocenters. The molecule has 1 unspecified atom stereocenters. The van der Waals surface area contributed by atoms with Crippen molar-refractivity contribution in [1.82, 2.24) is 5.32 Å². The highest BCUT2D eigenvalue weighted by atomic mass is 79.9. The smallest absolute Gasteiger partial charge is 0.0334 e. The van der Waals surface area contributed by atoms with Crippen LogP contribution in [0.3, 0.4) is 0 Å². The van der Waals surface area contributed by atoms with Gasteiger partial charge >= 0.3 is 0 Å². The Kier molecular flexibility index (Phi) is 6.47. The standard InChI is InChI=1S/C19H24BrN/c1-3-13-21-19(12-10-16-7-5-4-6-8-16)17-11-9-15(2)14-18(17)20/h4-9,11,14,19,21H,3,10,12-13H2,1-2H3. The third-order valence-electron chi connectivity index (χ3n) is 3.74. The van der Waals surface area contributed by atoms with E-state index in [0.29, 0.717) is 6.04 Å². The quantitative estimate of drug-likeness (QED) is 0.705. The molecule has 0 aliphatic carbocycles. The maximum atomic E-state index is 3.73. The van der Waals surface area contributed by atoms with Crippen molar-refractivity contribution in [3.63, 3.8) is 0 Å². The molecule has 0 fully saturated rings. The molecule has 2 rings (SSSR count). The Morgan fingerprint density at radius 2 is 1.86 bits per heavy atom. The molecule has 2 aromatic rings. The Balaban J connectivity index is 2.10. The number of benzene rings is 2. The zero-order chi connectivity index (χ0) is 15.1. The van der Waals surface area contributed by atoms with Gasteiger partial charge in [0.15, 0.2) is 0 Å². The Hall–Kier alpha value is -1.12. The second-order valence-electron chi connectivity index (χ2n) is 5.56. The van der Waals surface area contributed by atoms with E-state index >= 15 is 0 Å². The largest absolute Gasteiger partial charge is 0.310 e. The van der Waals surface area contributed by atoms with Gasteiger partial charge in [-0.25, -0.2) is 0 Å². The number of aryl methyl sites for hydroxylation is 2. The molecule has 0 saturated carbocycles. The highest BCUT2D eigenvalue weighted by molar-refractivity contribution is 9.10. The summed E-state index contributed by atoms with van der Waals surface area (Å²) >= 11 is 3.73. The summed E-state index contributed by atoms with van der Waals surface area (Å²) in [7, 11) is 0. The van der Waals surface area contributed by atoms with Crippen LogP contribution < -0.4 is 5.32 Å². The highest BCUT2D eigenvalue weighted by Gasteiger charge is 2.13. The van der Waals surface area contributed by atoms with Crippen LogP contribution in [0.25, 0.3) is 0 Å². The molecule has 2 aromatic carbocycles. The van der Waals surface area contributed by atoms with E-state index in [0.717, 1.165) is 25.8 Å². The molecule has 21 heavy (non-hydrogen) atoms. The Morgan fingerprint density at radius 3 is 2.52 bits per heavy atom. The Morgan fingerprint density at radius 1 is 1.10 bits per heavy atom. The minimum atomic E-state index is 0.403. The van der Waals surface area contributed by atoms with Gasteiger partial charge in [-0.05, 0) is 55.5 Å². The second kappa shape index (κ2) is 8.35. The molecule has 112 valence electrons. The van der Waals surface area contributed by atoms with Crippen LogP contribution in [0.5, 0.6) is 0 Å². The van der Waals surface area contributed by atoms with Gasteiger partial charge in [0, 0.05) is 10.5 Å². The van der Waals surface area contributed by atoms with E-state index in [1.165, 1.54) is 21.2 Å². The van der Waals surface area contributed by atoms with Crippen molar-refractivity contribution in [2.75, 3.05) is 6.54 Å². The molecule has 0 saturated heterocycles. The van der Waals surface area contributed by atoms with Crippen LogP contribution in [-0.4, -0.2) is 6.54 Å². The van der Waals surface area contributed by atoms with E-state index in [1.54, 1.807) is 0 Å². The summed E-state index contributed by atoms with van der Waals surface area (Å²) in [5.74, 6) is 0. The predicted molar refractivity (Wildman–Crippen MR) is 94.7 cm³/mol. The molecule has 0 aliphatic heterocycles. The minimum absolute atomic E-state index is 0.403. The van der Waals surface area contributed by atoms with Crippen LogP contribution in [0.4, 0.5) is 0 Å². The van der Waals surface area contributed by atoms with Gasteiger partial charge in [-0.1, -0.05) is 65.3 Å². The summed E-state index contributed by atoms with van der Waals surface area (Å²) in [6, 6.07) is 17.8. The molecule has 0 radical (unpaired) electrons. The van der Waals surface area contributed by atoms with Crippen molar-refractivity contribution in [3.8, 4) is 0 Å². The third kappa shape index (κ3) is 4.98. The molecule has 0 bridgehead atoms. The lowest BCUT2D eigenvalue weighted by Gasteiger charge is -2.21. The fourth-order valence-corrected chi connectivity index (χ4v) is 3.33. The number of hydrogen-bond donors (Lipinski definition) is 1. The van der Waals surface area contributed by atoms with Crippen LogP contribution in [0.15, 0.2) is 53.0 Å². The molecule has 0 heterocycles. The zero-order valence-corrected chi connectivity index (χ0v) is 14.5. The first kappa shape index (κ1) is 16.3. The summed E-state index contributed by atoms with van der Waals surface area (Å²) in [5.41, 5.74) is 4.07. The van der Waals surface area contributed by atoms with Crippen LogP contribution in [-0.2, 0) is 6.42 Å². The average Bonchev–Trinajstić information content (AvgIpc) is 2.49.